The monoisotopic (exact) mass is 396 g/mol. The van der Waals surface area contributed by atoms with Crippen LogP contribution in [-0.2, 0) is 0 Å². The van der Waals surface area contributed by atoms with Crippen molar-refractivity contribution in [2.24, 2.45) is 17.8 Å². The summed E-state index contributed by atoms with van der Waals surface area (Å²) in [6.45, 7) is 0. The van der Waals surface area contributed by atoms with Crippen LogP contribution in [0.4, 0.5) is 4.79 Å². The van der Waals surface area contributed by atoms with Gasteiger partial charge < -0.3 is 20.1 Å². The van der Waals surface area contributed by atoms with Gasteiger partial charge in [0.1, 0.15) is 11.9 Å². The summed E-state index contributed by atoms with van der Waals surface area (Å²) in [6.07, 6.45) is 9.35. The fourth-order valence-electron chi connectivity index (χ4n) is 7.68. The average Bonchev–Trinajstić information content (AvgIpc) is 2.95. The van der Waals surface area contributed by atoms with Crippen molar-refractivity contribution in [2.75, 3.05) is 0 Å². The molecule has 5 nitrogen and oxygen atoms in total. The van der Waals surface area contributed by atoms with Crippen molar-refractivity contribution < 1.29 is 14.6 Å². The zero-order valence-electron chi connectivity index (χ0n) is 17.0. The largest absolute Gasteiger partial charge is 0.490 e. The van der Waals surface area contributed by atoms with Crippen LogP contribution in [0, 0.1) is 17.8 Å². The number of rotatable bonds is 3. The van der Waals surface area contributed by atoms with E-state index >= 15 is 0 Å². The van der Waals surface area contributed by atoms with Crippen molar-refractivity contribution in [3.63, 3.8) is 0 Å². The first-order valence-electron chi connectivity index (χ1n) is 11.6. The van der Waals surface area contributed by atoms with E-state index in [0.717, 1.165) is 50.7 Å². The normalized spacial score (nSPS) is 44.7. The molecular weight excluding hydrogens is 364 g/mol. The molecule has 0 spiro atoms. The van der Waals surface area contributed by atoms with Crippen molar-refractivity contribution in [3.05, 3.63) is 30.3 Å². The molecule has 5 heteroatoms. The lowest BCUT2D eigenvalue weighted by Gasteiger charge is -2.58. The predicted molar refractivity (Wildman–Crippen MR) is 110 cm³/mol. The zero-order valence-corrected chi connectivity index (χ0v) is 17.0. The molecule has 1 aromatic carbocycles. The highest BCUT2D eigenvalue weighted by Gasteiger charge is 2.55. The van der Waals surface area contributed by atoms with Crippen LogP contribution < -0.4 is 10.1 Å². The number of carbonyl (C=O) groups is 1. The Morgan fingerprint density at radius 1 is 1.00 bits per heavy atom. The molecule has 2 amide bonds. The number of benzene rings is 1. The molecule has 5 atom stereocenters. The quantitative estimate of drug-likeness (QED) is 0.819. The molecule has 2 aliphatic heterocycles. The Labute approximate surface area is 172 Å². The average molecular weight is 397 g/mol. The van der Waals surface area contributed by atoms with Gasteiger partial charge in [-0.1, -0.05) is 18.2 Å². The molecule has 6 aliphatic rings. The summed E-state index contributed by atoms with van der Waals surface area (Å²) in [5.41, 5.74) is -0.441. The van der Waals surface area contributed by atoms with Gasteiger partial charge in [0.2, 0.25) is 0 Å². The fourth-order valence-corrected chi connectivity index (χ4v) is 7.68. The fraction of sp³-hybridized carbons (Fsp3) is 0.708. The molecule has 1 aromatic rings. The minimum atomic E-state index is -0.441. The van der Waals surface area contributed by atoms with E-state index in [2.05, 4.69) is 10.2 Å². The van der Waals surface area contributed by atoms with Gasteiger partial charge in [-0.2, -0.15) is 0 Å². The molecule has 2 heterocycles. The van der Waals surface area contributed by atoms with Crippen molar-refractivity contribution in [1.29, 1.82) is 0 Å². The summed E-state index contributed by atoms with van der Waals surface area (Å²) >= 11 is 0. The first kappa shape index (κ1) is 18.1. The second kappa shape index (κ2) is 6.63. The molecule has 4 aliphatic carbocycles. The van der Waals surface area contributed by atoms with E-state index in [0.29, 0.717) is 29.8 Å². The number of aliphatic hydroxyl groups is 1. The maximum Gasteiger partial charge on any atom is 0.318 e. The Bertz CT molecular complexity index is 754. The third-order valence-electron chi connectivity index (χ3n) is 8.50. The SMILES string of the molecule is O=C(N[C@H]1C2CC3CC1C[C@](O)(C3)C2)N1[C@@H]2CC[C@H]1C[C@H](Oc1ccccc1)C2. The van der Waals surface area contributed by atoms with Crippen LogP contribution in [0.5, 0.6) is 5.75 Å². The number of nitrogens with zero attached hydrogens (tertiary/aromatic N) is 1. The van der Waals surface area contributed by atoms with Crippen LogP contribution in [0.2, 0.25) is 0 Å². The number of hydrogen-bond acceptors (Lipinski definition) is 3. The number of para-hydroxylation sites is 1. The minimum absolute atomic E-state index is 0.139. The zero-order chi connectivity index (χ0) is 19.6. The number of urea groups is 1. The summed E-state index contributed by atoms with van der Waals surface area (Å²) in [6, 6.07) is 11.0. The second-order valence-electron chi connectivity index (χ2n) is 10.5. The minimum Gasteiger partial charge on any atom is -0.490 e. The Kier molecular flexibility index (Phi) is 4.13. The van der Waals surface area contributed by atoms with Crippen LogP contribution in [0.15, 0.2) is 30.3 Å². The molecule has 2 saturated heterocycles. The predicted octanol–water partition coefficient (Wildman–Crippen LogP) is 3.71. The Morgan fingerprint density at radius 2 is 1.66 bits per heavy atom. The molecule has 6 bridgehead atoms. The highest BCUT2D eigenvalue weighted by molar-refractivity contribution is 5.76. The Hall–Kier alpha value is -1.75. The van der Waals surface area contributed by atoms with E-state index in [9.17, 15) is 9.90 Å². The summed E-state index contributed by atoms with van der Waals surface area (Å²) < 4.78 is 6.22. The summed E-state index contributed by atoms with van der Waals surface area (Å²) in [4.78, 5) is 15.5. The van der Waals surface area contributed by atoms with E-state index in [1.54, 1.807) is 0 Å². The van der Waals surface area contributed by atoms with Gasteiger partial charge in [-0.25, -0.2) is 4.79 Å². The van der Waals surface area contributed by atoms with Gasteiger partial charge >= 0.3 is 6.03 Å². The molecule has 29 heavy (non-hydrogen) atoms. The van der Waals surface area contributed by atoms with E-state index in [1.807, 2.05) is 30.3 Å². The van der Waals surface area contributed by atoms with Crippen molar-refractivity contribution in [2.45, 2.75) is 87.6 Å². The molecule has 6 fully saturated rings. The molecule has 0 aromatic heterocycles. The van der Waals surface area contributed by atoms with Crippen LogP contribution in [0.25, 0.3) is 0 Å². The van der Waals surface area contributed by atoms with Crippen LogP contribution in [0.1, 0.15) is 57.8 Å². The van der Waals surface area contributed by atoms with Crippen molar-refractivity contribution in [1.82, 2.24) is 10.2 Å². The van der Waals surface area contributed by atoms with Crippen molar-refractivity contribution in [3.8, 4) is 5.75 Å². The first-order valence-corrected chi connectivity index (χ1v) is 11.6. The van der Waals surface area contributed by atoms with Gasteiger partial charge in [0.05, 0.1) is 5.60 Å². The summed E-state index contributed by atoms with van der Waals surface area (Å²) in [7, 11) is 0. The summed E-state index contributed by atoms with van der Waals surface area (Å²) in [5, 5.41) is 14.3. The highest BCUT2D eigenvalue weighted by Crippen LogP contribution is 2.55. The Morgan fingerprint density at radius 3 is 2.28 bits per heavy atom. The standard InChI is InChI=1S/C24H32N2O3/c27-23(25-22-16-8-15-9-17(22)14-24(28,12-15)13-16)26-18-6-7-19(26)11-21(10-18)29-20-4-2-1-3-5-20/h1-5,15-19,21-22,28H,6-14H2,(H,25,27)/t15?,16?,17?,18-,19+,21-,22-,24-. The lowest BCUT2D eigenvalue weighted by molar-refractivity contribution is -0.137. The van der Waals surface area contributed by atoms with Gasteiger partial charge in [0.15, 0.2) is 0 Å². The molecule has 7 rings (SSSR count). The van der Waals surface area contributed by atoms with Crippen LogP contribution >= 0.6 is 0 Å². The number of nitrogens with one attached hydrogen (secondary N) is 1. The van der Waals surface area contributed by atoms with Gasteiger partial charge in [-0.3, -0.25) is 0 Å². The molecule has 156 valence electrons. The maximum atomic E-state index is 13.3. The number of ether oxygens (including phenoxy) is 1. The van der Waals surface area contributed by atoms with Crippen LogP contribution in [-0.4, -0.2) is 45.9 Å². The molecule has 2 unspecified atom stereocenters. The number of amides is 2. The van der Waals surface area contributed by atoms with Gasteiger partial charge in [0, 0.05) is 31.0 Å². The Balaban J connectivity index is 1.11. The van der Waals surface area contributed by atoms with E-state index in [1.165, 1.54) is 12.8 Å². The molecule has 0 radical (unpaired) electrons. The van der Waals surface area contributed by atoms with Crippen LogP contribution in [0.3, 0.4) is 0 Å². The van der Waals surface area contributed by atoms with E-state index in [4.69, 9.17) is 4.74 Å². The topological polar surface area (TPSA) is 61.8 Å². The van der Waals surface area contributed by atoms with Gasteiger partial charge in [-0.05, 0) is 74.8 Å². The lowest BCUT2D eigenvalue weighted by atomic mass is 9.52. The number of piperidine rings is 1. The number of fused-ring (bicyclic) bond motifs is 2. The molecular formula is C24H32N2O3. The maximum absolute atomic E-state index is 13.3. The third-order valence-corrected chi connectivity index (χ3v) is 8.50. The number of carbonyl (C=O) groups excluding carboxylic acids is 1. The third kappa shape index (κ3) is 3.13. The smallest absolute Gasteiger partial charge is 0.318 e. The highest BCUT2D eigenvalue weighted by atomic mass is 16.5. The first-order chi connectivity index (χ1) is 14.1. The van der Waals surface area contributed by atoms with E-state index in [-0.39, 0.29) is 18.2 Å². The molecule has 2 N–H and O–H groups in total. The van der Waals surface area contributed by atoms with Gasteiger partial charge in [0.25, 0.3) is 0 Å². The van der Waals surface area contributed by atoms with Crippen molar-refractivity contribution >= 4 is 6.03 Å². The molecule has 4 saturated carbocycles. The number of hydrogen-bond donors (Lipinski definition) is 2. The lowest BCUT2D eigenvalue weighted by Crippen LogP contribution is -2.64. The summed E-state index contributed by atoms with van der Waals surface area (Å²) in [5.74, 6) is 2.53. The van der Waals surface area contributed by atoms with Gasteiger partial charge in [-0.15, -0.1) is 0 Å². The second-order valence-corrected chi connectivity index (χ2v) is 10.5. The van der Waals surface area contributed by atoms with E-state index < -0.39 is 5.60 Å².